The fraction of sp³-hybridized carbons (Fsp3) is 0.889. The fourth-order valence-corrected chi connectivity index (χ4v) is 1.87. The number of nitrogens with zero attached hydrogens (tertiary/aromatic N) is 1. The van der Waals surface area contributed by atoms with Crippen LogP contribution in [0.5, 0.6) is 0 Å². The van der Waals surface area contributed by atoms with Crippen LogP contribution in [0.25, 0.3) is 0 Å². The highest BCUT2D eigenvalue weighted by Gasteiger charge is 2.28. The van der Waals surface area contributed by atoms with Crippen molar-refractivity contribution in [3.63, 3.8) is 0 Å². The van der Waals surface area contributed by atoms with E-state index in [1.165, 1.54) is 4.90 Å². The Morgan fingerprint density at radius 3 is 2.86 bits per heavy atom. The molecule has 0 saturated carbocycles. The van der Waals surface area contributed by atoms with Crippen molar-refractivity contribution in [1.29, 1.82) is 0 Å². The molecule has 82 valence electrons. The zero-order chi connectivity index (χ0) is 10.6. The number of rotatable bonds is 3. The molecule has 0 aromatic carbocycles. The second-order valence-electron chi connectivity index (χ2n) is 3.67. The Balaban J connectivity index is 2.43. The number of hydrogen-bond donors (Lipinski definition) is 1. The number of halogens is 2. The minimum atomic E-state index is -2.87. The van der Waals surface area contributed by atoms with Crippen molar-refractivity contribution >= 4 is 5.91 Å². The highest BCUT2D eigenvalue weighted by Crippen LogP contribution is 2.20. The van der Waals surface area contributed by atoms with Crippen molar-refractivity contribution in [1.82, 2.24) is 4.90 Å². The lowest BCUT2D eigenvalue weighted by Crippen LogP contribution is -2.43. The summed E-state index contributed by atoms with van der Waals surface area (Å²) in [7, 11) is 0. The Morgan fingerprint density at radius 2 is 2.29 bits per heavy atom. The molecule has 0 aliphatic carbocycles. The predicted molar refractivity (Wildman–Crippen MR) is 49.0 cm³/mol. The summed E-state index contributed by atoms with van der Waals surface area (Å²) < 4.78 is 24.2. The van der Waals surface area contributed by atoms with Gasteiger partial charge in [0.05, 0.1) is 0 Å². The third-order valence-corrected chi connectivity index (χ3v) is 2.59. The highest BCUT2D eigenvalue weighted by atomic mass is 19.3. The molecular formula is C9H16F2N2O. The average molecular weight is 206 g/mol. The second-order valence-corrected chi connectivity index (χ2v) is 3.67. The molecule has 0 spiro atoms. The molecule has 1 saturated heterocycles. The van der Waals surface area contributed by atoms with E-state index in [2.05, 4.69) is 0 Å². The summed E-state index contributed by atoms with van der Waals surface area (Å²) in [6.07, 6.45) is -0.257. The molecule has 0 bridgehead atoms. The smallest absolute Gasteiger partial charge is 0.315 e. The van der Waals surface area contributed by atoms with Crippen LogP contribution in [-0.4, -0.2) is 36.9 Å². The molecule has 0 aromatic heterocycles. The first-order chi connectivity index (χ1) is 6.65. The van der Waals surface area contributed by atoms with Gasteiger partial charge in [0.2, 0.25) is 0 Å². The molecule has 2 N–H and O–H groups in total. The summed E-state index contributed by atoms with van der Waals surface area (Å²) in [5.74, 6) is -0.733. The van der Waals surface area contributed by atoms with E-state index in [-0.39, 0.29) is 0 Å². The predicted octanol–water partition coefficient (Wildman–Crippen LogP) is 0.839. The average Bonchev–Trinajstić information content (AvgIpc) is 2.17. The van der Waals surface area contributed by atoms with Gasteiger partial charge < -0.3 is 10.6 Å². The molecule has 14 heavy (non-hydrogen) atoms. The van der Waals surface area contributed by atoms with Crippen LogP contribution < -0.4 is 5.73 Å². The van der Waals surface area contributed by atoms with Crippen LogP contribution in [0.3, 0.4) is 0 Å². The standard InChI is InChI=1S/C9H16F2N2O/c10-8(11)9(14)13-5-1-2-7(6-13)3-4-12/h7-8H,1-6,12H2. The Morgan fingerprint density at radius 1 is 1.57 bits per heavy atom. The topological polar surface area (TPSA) is 46.3 Å². The lowest BCUT2D eigenvalue weighted by atomic mass is 9.95. The number of likely N-dealkylation sites (tertiary alicyclic amines) is 1. The summed E-state index contributed by atoms with van der Waals surface area (Å²) in [6.45, 7) is 1.46. The van der Waals surface area contributed by atoms with Crippen molar-refractivity contribution in [2.75, 3.05) is 19.6 Å². The van der Waals surface area contributed by atoms with Crippen LogP contribution in [0, 0.1) is 5.92 Å². The van der Waals surface area contributed by atoms with Gasteiger partial charge in [-0.3, -0.25) is 4.79 Å². The van der Waals surface area contributed by atoms with Gasteiger partial charge in [0, 0.05) is 13.1 Å². The van der Waals surface area contributed by atoms with E-state index in [0.717, 1.165) is 19.3 Å². The first kappa shape index (κ1) is 11.4. The van der Waals surface area contributed by atoms with E-state index in [0.29, 0.717) is 25.6 Å². The summed E-state index contributed by atoms with van der Waals surface area (Å²) in [5.41, 5.74) is 5.39. The Kier molecular flexibility index (Phi) is 4.25. The van der Waals surface area contributed by atoms with Gasteiger partial charge in [-0.1, -0.05) is 0 Å². The summed E-state index contributed by atoms with van der Waals surface area (Å²) in [5, 5.41) is 0. The van der Waals surface area contributed by atoms with Gasteiger partial charge in [-0.2, -0.15) is 8.78 Å². The molecule has 0 radical (unpaired) electrons. The van der Waals surface area contributed by atoms with E-state index in [4.69, 9.17) is 5.73 Å². The number of alkyl halides is 2. The van der Waals surface area contributed by atoms with Crippen molar-refractivity contribution in [3.8, 4) is 0 Å². The summed E-state index contributed by atoms with van der Waals surface area (Å²) >= 11 is 0. The van der Waals surface area contributed by atoms with Crippen LogP contribution in [-0.2, 0) is 4.79 Å². The molecule has 1 unspecified atom stereocenters. The molecule has 1 aliphatic heterocycles. The van der Waals surface area contributed by atoms with Gasteiger partial charge in [-0.25, -0.2) is 0 Å². The van der Waals surface area contributed by atoms with Gasteiger partial charge in [0.15, 0.2) is 0 Å². The largest absolute Gasteiger partial charge is 0.337 e. The first-order valence-electron chi connectivity index (χ1n) is 4.92. The first-order valence-corrected chi connectivity index (χ1v) is 4.92. The van der Waals surface area contributed by atoms with Gasteiger partial charge in [0.1, 0.15) is 0 Å². The molecule has 1 aliphatic rings. The summed E-state index contributed by atoms with van der Waals surface area (Å²) in [4.78, 5) is 12.3. The van der Waals surface area contributed by atoms with E-state index in [9.17, 15) is 13.6 Å². The van der Waals surface area contributed by atoms with Gasteiger partial charge in [-0.05, 0) is 31.7 Å². The van der Waals surface area contributed by atoms with E-state index < -0.39 is 12.3 Å². The van der Waals surface area contributed by atoms with Crippen molar-refractivity contribution in [3.05, 3.63) is 0 Å². The molecule has 1 heterocycles. The normalized spacial score (nSPS) is 22.9. The number of hydrogen-bond acceptors (Lipinski definition) is 2. The lowest BCUT2D eigenvalue weighted by Gasteiger charge is -2.32. The van der Waals surface area contributed by atoms with E-state index >= 15 is 0 Å². The van der Waals surface area contributed by atoms with Crippen LogP contribution in [0.1, 0.15) is 19.3 Å². The number of carbonyl (C=O) groups is 1. The van der Waals surface area contributed by atoms with Crippen molar-refractivity contribution < 1.29 is 13.6 Å². The fourth-order valence-electron chi connectivity index (χ4n) is 1.87. The van der Waals surface area contributed by atoms with Crippen LogP contribution >= 0.6 is 0 Å². The second kappa shape index (κ2) is 5.24. The molecule has 3 nitrogen and oxygen atoms in total. The molecule has 1 atom stereocenters. The minimum absolute atomic E-state index is 0.302. The monoisotopic (exact) mass is 206 g/mol. The Bertz CT molecular complexity index is 197. The number of amides is 1. The van der Waals surface area contributed by atoms with E-state index in [1.54, 1.807) is 0 Å². The zero-order valence-electron chi connectivity index (χ0n) is 8.09. The van der Waals surface area contributed by atoms with Crippen LogP contribution in [0.4, 0.5) is 8.78 Å². The van der Waals surface area contributed by atoms with Gasteiger partial charge in [-0.15, -0.1) is 0 Å². The molecule has 0 aromatic rings. The Hall–Kier alpha value is -0.710. The molecule has 1 fully saturated rings. The van der Waals surface area contributed by atoms with Gasteiger partial charge in [0.25, 0.3) is 5.91 Å². The van der Waals surface area contributed by atoms with Crippen LogP contribution in [0.2, 0.25) is 0 Å². The SMILES string of the molecule is NCCC1CCCN(C(=O)C(F)F)C1. The maximum atomic E-state index is 12.1. The third kappa shape index (κ3) is 2.90. The maximum Gasteiger partial charge on any atom is 0.315 e. The molecule has 5 heteroatoms. The molecule has 1 amide bonds. The van der Waals surface area contributed by atoms with Crippen LogP contribution in [0.15, 0.2) is 0 Å². The number of piperidine rings is 1. The lowest BCUT2D eigenvalue weighted by molar-refractivity contribution is -0.144. The number of nitrogens with two attached hydrogens (primary N) is 1. The van der Waals surface area contributed by atoms with Crippen molar-refractivity contribution in [2.24, 2.45) is 11.7 Å². The third-order valence-electron chi connectivity index (χ3n) is 2.59. The van der Waals surface area contributed by atoms with Gasteiger partial charge >= 0.3 is 6.43 Å². The summed E-state index contributed by atoms with van der Waals surface area (Å²) in [6, 6.07) is 0. The van der Waals surface area contributed by atoms with Crippen molar-refractivity contribution in [2.45, 2.75) is 25.7 Å². The molecular weight excluding hydrogens is 190 g/mol. The number of carbonyl (C=O) groups excluding carboxylic acids is 1. The zero-order valence-corrected chi connectivity index (χ0v) is 8.09. The quantitative estimate of drug-likeness (QED) is 0.743. The highest BCUT2D eigenvalue weighted by molar-refractivity contribution is 5.79. The maximum absolute atomic E-state index is 12.1. The molecule has 1 rings (SSSR count). The van der Waals surface area contributed by atoms with E-state index in [1.807, 2.05) is 0 Å². The minimum Gasteiger partial charge on any atom is -0.337 e. The Labute approximate surface area is 82.2 Å².